The molecule has 0 saturated carbocycles. The predicted octanol–water partition coefficient (Wildman–Crippen LogP) is 0.642. The number of aromatic hydroxyl groups is 1. The second-order valence-corrected chi connectivity index (χ2v) is 3.32. The van der Waals surface area contributed by atoms with Gasteiger partial charge in [0, 0.05) is 5.69 Å². The summed E-state index contributed by atoms with van der Waals surface area (Å²) in [6, 6.07) is 2.85. The van der Waals surface area contributed by atoms with E-state index in [2.05, 4.69) is 15.6 Å². The van der Waals surface area contributed by atoms with Gasteiger partial charge in [-0.2, -0.15) is 0 Å². The van der Waals surface area contributed by atoms with Crippen molar-refractivity contribution in [2.75, 3.05) is 12.4 Å². The van der Waals surface area contributed by atoms with Crippen LogP contribution in [0.25, 0.3) is 0 Å². The maximum atomic E-state index is 11.5. The van der Waals surface area contributed by atoms with Crippen molar-refractivity contribution < 1.29 is 9.90 Å². The zero-order valence-electron chi connectivity index (χ0n) is 9.03. The molecule has 0 radical (unpaired) electrons. The fraction of sp³-hybridized carbons (Fsp3) is 0.400. The van der Waals surface area contributed by atoms with E-state index in [1.807, 2.05) is 0 Å². The van der Waals surface area contributed by atoms with Gasteiger partial charge in [-0.05, 0) is 33.0 Å². The van der Waals surface area contributed by atoms with Crippen molar-refractivity contribution in [3.05, 3.63) is 17.8 Å². The fourth-order valence-corrected chi connectivity index (χ4v) is 0.997. The van der Waals surface area contributed by atoms with E-state index >= 15 is 0 Å². The van der Waals surface area contributed by atoms with E-state index in [1.54, 1.807) is 27.0 Å². The number of rotatable bonds is 3. The topological polar surface area (TPSA) is 74.2 Å². The second kappa shape index (κ2) is 4.75. The van der Waals surface area contributed by atoms with Crippen LogP contribution >= 0.6 is 0 Å². The maximum absolute atomic E-state index is 11.5. The highest BCUT2D eigenvalue weighted by molar-refractivity contribution is 5.94. The van der Waals surface area contributed by atoms with E-state index in [4.69, 9.17) is 0 Å². The molecule has 3 N–H and O–H groups in total. The Morgan fingerprint density at radius 1 is 1.53 bits per heavy atom. The van der Waals surface area contributed by atoms with E-state index in [0.717, 1.165) is 5.69 Å². The summed E-state index contributed by atoms with van der Waals surface area (Å²) in [6.45, 7) is 3.51. The number of carbonyl (C=O) groups is 1. The third-order valence-corrected chi connectivity index (χ3v) is 2.08. The normalized spacial score (nSPS) is 12.2. The molecular weight excluding hydrogens is 194 g/mol. The zero-order valence-corrected chi connectivity index (χ0v) is 9.03. The van der Waals surface area contributed by atoms with Crippen LogP contribution in [0.5, 0.6) is 5.75 Å². The molecule has 1 amide bonds. The number of hydrogen-bond donors (Lipinski definition) is 3. The molecule has 1 aromatic rings. The number of carbonyl (C=O) groups excluding carboxylic acids is 1. The van der Waals surface area contributed by atoms with Gasteiger partial charge in [-0.25, -0.2) is 4.98 Å². The summed E-state index contributed by atoms with van der Waals surface area (Å²) in [5.74, 6) is -0.0646. The third kappa shape index (κ3) is 2.92. The number of pyridine rings is 1. The van der Waals surface area contributed by atoms with Crippen LogP contribution in [0.2, 0.25) is 0 Å². The summed E-state index contributed by atoms with van der Waals surface area (Å²) in [6.07, 6.45) is 0. The van der Waals surface area contributed by atoms with E-state index in [0.29, 0.717) is 0 Å². The van der Waals surface area contributed by atoms with Gasteiger partial charge in [-0.15, -0.1) is 0 Å². The van der Waals surface area contributed by atoms with Crippen molar-refractivity contribution in [1.82, 2.24) is 10.3 Å². The first-order valence-corrected chi connectivity index (χ1v) is 4.69. The second-order valence-electron chi connectivity index (χ2n) is 3.32. The summed E-state index contributed by atoms with van der Waals surface area (Å²) in [5, 5.41) is 14.8. The van der Waals surface area contributed by atoms with Crippen molar-refractivity contribution in [3.63, 3.8) is 0 Å². The lowest BCUT2D eigenvalue weighted by Gasteiger charge is -2.11. The molecular formula is C10H15N3O2. The molecule has 1 unspecified atom stereocenters. The van der Waals surface area contributed by atoms with Crippen molar-refractivity contribution in [2.45, 2.75) is 19.9 Å². The zero-order chi connectivity index (χ0) is 11.4. The van der Waals surface area contributed by atoms with Gasteiger partial charge in [0.05, 0.1) is 6.04 Å². The molecule has 5 nitrogen and oxygen atoms in total. The molecule has 82 valence electrons. The minimum absolute atomic E-state index is 0.0303. The molecule has 0 saturated heterocycles. The standard InChI is InChI=1S/C10H15N3O2/c1-6-4-5-8(14)9(12-6)13-10(15)7(2)11-3/h4-5,7,11,14H,1-3H3,(H,12,13,15). The Hall–Kier alpha value is -1.62. The lowest BCUT2D eigenvalue weighted by atomic mass is 10.3. The first-order valence-electron chi connectivity index (χ1n) is 4.69. The molecule has 1 atom stereocenters. The van der Waals surface area contributed by atoms with Crippen molar-refractivity contribution in [2.24, 2.45) is 0 Å². The van der Waals surface area contributed by atoms with Crippen LogP contribution in [0.4, 0.5) is 5.82 Å². The summed E-state index contributed by atoms with van der Waals surface area (Å²) in [7, 11) is 1.69. The molecule has 0 aliphatic heterocycles. The Morgan fingerprint density at radius 3 is 2.80 bits per heavy atom. The monoisotopic (exact) mass is 209 g/mol. The average molecular weight is 209 g/mol. The van der Waals surface area contributed by atoms with Gasteiger partial charge in [0.15, 0.2) is 11.6 Å². The maximum Gasteiger partial charge on any atom is 0.242 e. The largest absolute Gasteiger partial charge is 0.504 e. The number of aromatic nitrogens is 1. The van der Waals surface area contributed by atoms with E-state index in [1.165, 1.54) is 6.07 Å². The van der Waals surface area contributed by atoms with Gasteiger partial charge >= 0.3 is 0 Å². The number of aryl methyl sites for hydroxylation is 1. The van der Waals surface area contributed by atoms with Crippen LogP contribution < -0.4 is 10.6 Å². The highest BCUT2D eigenvalue weighted by Gasteiger charge is 2.13. The fourth-order valence-electron chi connectivity index (χ4n) is 0.997. The number of anilines is 1. The van der Waals surface area contributed by atoms with Crippen LogP contribution in [0.15, 0.2) is 12.1 Å². The first-order chi connectivity index (χ1) is 7.04. The van der Waals surface area contributed by atoms with Crippen LogP contribution in [0, 0.1) is 6.92 Å². The van der Waals surface area contributed by atoms with Gasteiger partial charge < -0.3 is 15.7 Å². The van der Waals surface area contributed by atoms with Gasteiger partial charge in [0.1, 0.15) is 0 Å². The molecule has 1 heterocycles. The quantitative estimate of drug-likeness (QED) is 0.683. The van der Waals surface area contributed by atoms with E-state index in [-0.39, 0.29) is 23.5 Å². The molecule has 0 bridgehead atoms. The lowest BCUT2D eigenvalue weighted by molar-refractivity contribution is -0.117. The highest BCUT2D eigenvalue weighted by atomic mass is 16.3. The average Bonchev–Trinajstić information content (AvgIpc) is 2.22. The first kappa shape index (κ1) is 11.5. The van der Waals surface area contributed by atoms with Gasteiger partial charge in [0.25, 0.3) is 0 Å². The molecule has 0 fully saturated rings. The Bertz CT molecular complexity index is 366. The SMILES string of the molecule is CNC(C)C(=O)Nc1nc(C)ccc1O. The van der Waals surface area contributed by atoms with Gasteiger partial charge in [-0.3, -0.25) is 4.79 Å². The molecule has 0 aliphatic rings. The Morgan fingerprint density at radius 2 is 2.20 bits per heavy atom. The number of amides is 1. The van der Waals surface area contributed by atoms with Crippen LogP contribution in [0.3, 0.4) is 0 Å². The van der Waals surface area contributed by atoms with Crippen LogP contribution in [0.1, 0.15) is 12.6 Å². The molecule has 0 spiro atoms. The molecule has 1 aromatic heterocycles. The Balaban J connectivity index is 2.80. The van der Waals surface area contributed by atoms with Gasteiger partial charge in [0.2, 0.25) is 5.91 Å². The number of nitrogens with zero attached hydrogens (tertiary/aromatic N) is 1. The summed E-state index contributed by atoms with van der Waals surface area (Å²) in [4.78, 5) is 15.5. The van der Waals surface area contributed by atoms with E-state index < -0.39 is 0 Å². The van der Waals surface area contributed by atoms with Gasteiger partial charge in [-0.1, -0.05) is 0 Å². The minimum Gasteiger partial charge on any atom is -0.504 e. The van der Waals surface area contributed by atoms with Crippen molar-refractivity contribution in [1.29, 1.82) is 0 Å². The molecule has 0 aromatic carbocycles. The number of likely N-dealkylation sites (N-methyl/N-ethyl adjacent to an activating group) is 1. The molecule has 5 heteroatoms. The number of hydrogen-bond acceptors (Lipinski definition) is 4. The predicted molar refractivity (Wildman–Crippen MR) is 57.8 cm³/mol. The number of nitrogens with one attached hydrogen (secondary N) is 2. The van der Waals surface area contributed by atoms with Crippen molar-refractivity contribution >= 4 is 11.7 Å². The van der Waals surface area contributed by atoms with Crippen molar-refractivity contribution in [3.8, 4) is 5.75 Å². The summed E-state index contributed by atoms with van der Waals surface area (Å²) < 4.78 is 0. The molecule has 15 heavy (non-hydrogen) atoms. The summed E-state index contributed by atoms with van der Waals surface area (Å²) >= 11 is 0. The third-order valence-electron chi connectivity index (χ3n) is 2.08. The molecule has 0 aliphatic carbocycles. The minimum atomic E-state index is -0.327. The highest BCUT2D eigenvalue weighted by Crippen LogP contribution is 2.19. The molecule has 1 rings (SSSR count). The lowest BCUT2D eigenvalue weighted by Crippen LogP contribution is -2.35. The van der Waals surface area contributed by atoms with Crippen LogP contribution in [-0.4, -0.2) is 29.1 Å². The Kier molecular flexibility index (Phi) is 3.62. The van der Waals surface area contributed by atoms with E-state index in [9.17, 15) is 9.90 Å². The van der Waals surface area contributed by atoms with Crippen LogP contribution in [-0.2, 0) is 4.79 Å². The Labute approximate surface area is 88.5 Å². The summed E-state index contributed by atoms with van der Waals surface area (Å²) in [5.41, 5.74) is 0.736. The smallest absolute Gasteiger partial charge is 0.242 e.